The molecule has 0 aliphatic heterocycles. The Morgan fingerprint density at radius 3 is 2.04 bits per heavy atom. The Morgan fingerprint density at radius 1 is 0.926 bits per heavy atom. The van der Waals surface area contributed by atoms with Gasteiger partial charge in [-0.05, 0) is 63.1 Å². The molecule has 0 bridgehead atoms. The number of carbonyl (C=O) groups is 2. The van der Waals surface area contributed by atoms with Crippen molar-refractivity contribution in [3.63, 3.8) is 0 Å². The van der Waals surface area contributed by atoms with Crippen LogP contribution < -0.4 is 0 Å². The molecule has 1 aromatic heterocycles. The van der Waals surface area contributed by atoms with Gasteiger partial charge in [0.05, 0.1) is 5.69 Å². The van der Waals surface area contributed by atoms with E-state index in [1.54, 1.807) is 13.8 Å². The molecule has 0 amide bonds. The zero-order valence-corrected chi connectivity index (χ0v) is 16.7. The third kappa shape index (κ3) is 3.74. The normalized spacial score (nSPS) is 10.9. The van der Waals surface area contributed by atoms with E-state index in [4.69, 9.17) is 11.6 Å². The van der Waals surface area contributed by atoms with Gasteiger partial charge in [-0.25, -0.2) is 0 Å². The quantitative estimate of drug-likeness (QED) is 0.529. The van der Waals surface area contributed by atoms with E-state index in [1.807, 2.05) is 62.4 Å². The van der Waals surface area contributed by atoms with Crippen molar-refractivity contribution in [2.45, 2.75) is 34.1 Å². The Kier molecular flexibility index (Phi) is 5.33. The van der Waals surface area contributed by atoms with Gasteiger partial charge < -0.3 is 4.57 Å². The number of aryl methyl sites for hydroxylation is 1. The maximum absolute atomic E-state index is 12.5. The van der Waals surface area contributed by atoms with E-state index in [-0.39, 0.29) is 18.0 Å². The highest BCUT2D eigenvalue weighted by molar-refractivity contribution is 6.30. The van der Waals surface area contributed by atoms with Crippen LogP contribution in [0, 0.1) is 13.8 Å². The number of benzene rings is 2. The van der Waals surface area contributed by atoms with Crippen molar-refractivity contribution in [1.29, 1.82) is 0 Å². The predicted octanol–water partition coefficient (Wildman–Crippen LogP) is 5.75. The molecule has 0 radical (unpaired) electrons. The molecule has 0 fully saturated rings. The van der Waals surface area contributed by atoms with Gasteiger partial charge in [0.25, 0.3) is 0 Å². The summed E-state index contributed by atoms with van der Waals surface area (Å²) in [7, 11) is 0. The van der Waals surface area contributed by atoms with E-state index in [9.17, 15) is 9.59 Å². The average Bonchev–Trinajstić information content (AvgIpc) is 2.88. The van der Waals surface area contributed by atoms with Crippen LogP contribution >= 0.6 is 11.6 Å². The summed E-state index contributed by atoms with van der Waals surface area (Å²) in [6.07, 6.45) is 0.215. The molecule has 0 aliphatic rings. The van der Waals surface area contributed by atoms with Gasteiger partial charge in [0.15, 0.2) is 5.78 Å². The van der Waals surface area contributed by atoms with Crippen LogP contribution in [0.3, 0.4) is 0 Å². The standard InChI is InChI=1S/C23H22ClNO2/c1-14-5-11-20(12-6-14)25-16(3)22(17(4)27)21(13-15(2)26)23(25)18-7-9-19(24)10-8-18/h5-12H,13H2,1-4H3. The van der Waals surface area contributed by atoms with E-state index in [0.29, 0.717) is 10.6 Å². The van der Waals surface area contributed by atoms with Crippen molar-refractivity contribution in [2.24, 2.45) is 0 Å². The maximum atomic E-state index is 12.5. The van der Waals surface area contributed by atoms with Crippen molar-refractivity contribution in [1.82, 2.24) is 4.57 Å². The van der Waals surface area contributed by atoms with E-state index in [0.717, 1.165) is 33.8 Å². The van der Waals surface area contributed by atoms with Gasteiger partial charge >= 0.3 is 0 Å². The molecule has 0 N–H and O–H groups in total. The Bertz CT molecular complexity index is 1010. The first-order valence-electron chi connectivity index (χ1n) is 8.87. The molecular weight excluding hydrogens is 358 g/mol. The minimum absolute atomic E-state index is 0.0220. The SMILES string of the molecule is CC(=O)Cc1c(C(C)=O)c(C)n(-c2ccc(C)cc2)c1-c1ccc(Cl)cc1. The van der Waals surface area contributed by atoms with Crippen LogP contribution in [0.4, 0.5) is 0 Å². The molecule has 138 valence electrons. The fourth-order valence-electron chi connectivity index (χ4n) is 3.57. The van der Waals surface area contributed by atoms with Crippen LogP contribution in [0.5, 0.6) is 0 Å². The number of rotatable bonds is 5. The summed E-state index contributed by atoms with van der Waals surface area (Å²) in [5, 5.41) is 0.642. The predicted molar refractivity (Wildman–Crippen MR) is 110 cm³/mol. The number of halogens is 1. The van der Waals surface area contributed by atoms with Crippen molar-refractivity contribution in [3.05, 3.63) is 75.9 Å². The summed E-state index contributed by atoms with van der Waals surface area (Å²) in [5.41, 5.74) is 6.15. The minimum Gasteiger partial charge on any atom is -0.313 e. The van der Waals surface area contributed by atoms with Crippen molar-refractivity contribution >= 4 is 23.2 Å². The molecule has 0 aliphatic carbocycles. The van der Waals surface area contributed by atoms with Crippen LogP contribution in [0.2, 0.25) is 5.02 Å². The van der Waals surface area contributed by atoms with Gasteiger partial charge in [0.2, 0.25) is 0 Å². The molecule has 0 spiro atoms. The smallest absolute Gasteiger partial charge is 0.161 e. The van der Waals surface area contributed by atoms with Gasteiger partial charge in [-0.3, -0.25) is 9.59 Å². The van der Waals surface area contributed by atoms with Crippen LogP contribution in [-0.4, -0.2) is 16.1 Å². The first-order chi connectivity index (χ1) is 12.8. The lowest BCUT2D eigenvalue weighted by Crippen LogP contribution is -2.04. The summed E-state index contributed by atoms with van der Waals surface area (Å²) in [4.78, 5) is 24.4. The number of ketones is 2. The third-order valence-electron chi connectivity index (χ3n) is 4.70. The molecule has 3 aromatic rings. The van der Waals surface area contributed by atoms with Crippen LogP contribution in [0.25, 0.3) is 16.9 Å². The van der Waals surface area contributed by atoms with Gasteiger partial charge in [0, 0.05) is 28.4 Å². The molecule has 2 aromatic carbocycles. The highest BCUT2D eigenvalue weighted by atomic mass is 35.5. The highest BCUT2D eigenvalue weighted by Gasteiger charge is 2.25. The lowest BCUT2D eigenvalue weighted by molar-refractivity contribution is -0.116. The van der Waals surface area contributed by atoms with Crippen LogP contribution in [-0.2, 0) is 11.2 Å². The lowest BCUT2D eigenvalue weighted by atomic mass is 9.97. The summed E-state index contributed by atoms with van der Waals surface area (Å²) in [5.74, 6) is -0.0152. The largest absolute Gasteiger partial charge is 0.313 e. The highest BCUT2D eigenvalue weighted by Crippen LogP contribution is 2.36. The van der Waals surface area contributed by atoms with Gasteiger partial charge in [0.1, 0.15) is 5.78 Å². The van der Waals surface area contributed by atoms with E-state index in [1.165, 1.54) is 0 Å². The summed E-state index contributed by atoms with van der Waals surface area (Å²) >= 11 is 6.07. The molecule has 4 heteroatoms. The number of aromatic nitrogens is 1. The molecule has 0 atom stereocenters. The third-order valence-corrected chi connectivity index (χ3v) is 4.95. The first-order valence-corrected chi connectivity index (χ1v) is 9.25. The molecule has 0 saturated heterocycles. The summed E-state index contributed by atoms with van der Waals surface area (Å²) in [6, 6.07) is 15.6. The molecule has 27 heavy (non-hydrogen) atoms. The monoisotopic (exact) mass is 379 g/mol. The molecule has 3 nitrogen and oxygen atoms in total. The van der Waals surface area contributed by atoms with Gasteiger partial charge in [-0.2, -0.15) is 0 Å². The fraction of sp³-hybridized carbons (Fsp3) is 0.217. The second kappa shape index (κ2) is 7.53. The number of hydrogen-bond acceptors (Lipinski definition) is 2. The van der Waals surface area contributed by atoms with Gasteiger partial charge in [-0.1, -0.05) is 41.4 Å². The Labute approximate surface area is 164 Å². The van der Waals surface area contributed by atoms with Crippen molar-refractivity contribution < 1.29 is 9.59 Å². The van der Waals surface area contributed by atoms with E-state index in [2.05, 4.69) is 4.57 Å². The number of nitrogens with zero attached hydrogens (tertiary/aromatic N) is 1. The molecule has 0 unspecified atom stereocenters. The van der Waals surface area contributed by atoms with Gasteiger partial charge in [-0.15, -0.1) is 0 Å². The average molecular weight is 380 g/mol. The maximum Gasteiger partial charge on any atom is 0.161 e. The van der Waals surface area contributed by atoms with Crippen LogP contribution in [0.1, 0.15) is 41.0 Å². The number of carbonyl (C=O) groups excluding carboxylic acids is 2. The Balaban J connectivity index is 2.40. The lowest BCUT2D eigenvalue weighted by Gasteiger charge is -2.14. The zero-order chi connectivity index (χ0) is 19.7. The molecule has 3 rings (SSSR count). The number of Topliss-reactive ketones (excluding diaryl/α,β-unsaturated/α-hetero) is 2. The van der Waals surface area contributed by atoms with E-state index >= 15 is 0 Å². The summed E-state index contributed by atoms with van der Waals surface area (Å²) < 4.78 is 2.07. The first kappa shape index (κ1) is 19.1. The zero-order valence-electron chi connectivity index (χ0n) is 16.0. The molecular formula is C23H22ClNO2. The van der Waals surface area contributed by atoms with Crippen molar-refractivity contribution in [2.75, 3.05) is 0 Å². The second-order valence-electron chi connectivity index (χ2n) is 6.90. The fourth-order valence-corrected chi connectivity index (χ4v) is 3.69. The van der Waals surface area contributed by atoms with E-state index < -0.39 is 0 Å². The second-order valence-corrected chi connectivity index (χ2v) is 7.34. The molecule has 0 saturated carbocycles. The molecule has 1 heterocycles. The summed E-state index contributed by atoms with van der Waals surface area (Å²) in [6.45, 7) is 7.07. The Hall–Kier alpha value is -2.65. The Morgan fingerprint density at radius 2 is 1.52 bits per heavy atom. The van der Waals surface area contributed by atoms with Crippen molar-refractivity contribution in [3.8, 4) is 16.9 Å². The minimum atomic E-state index is -0.0372. The van der Waals surface area contributed by atoms with Crippen LogP contribution in [0.15, 0.2) is 48.5 Å². The number of hydrogen-bond donors (Lipinski definition) is 0. The topological polar surface area (TPSA) is 39.1 Å².